The zero-order chi connectivity index (χ0) is 13.7. The molecule has 0 aliphatic carbocycles. The van der Waals surface area contributed by atoms with Crippen molar-refractivity contribution in [2.75, 3.05) is 11.9 Å². The van der Waals surface area contributed by atoms with Crippen molar-refractivity contribution in [3.8, 4) is 0 Å². The Bertz CT molecular complexity index is 555. The molecule has 0 amide bonds. The summed E-state index contributed by atoms with van der Waals surface area (Å²) in [7, 11) is 0. The molecule has 0 aliphatic rings. The molecule has 3 nitrogen and oxygen atoms in total. The van der Waals surface area contributed by atoms with Crippen LogP contribution in [0.4, 0.5) is 5.69 Å². The van der Waals surface area contributed by atoms with Gasteiger partial charge in [0.2, 0.25) is 0 Å². The lowest BCUT2D eigenvalue weighted by Gasteiger charge is -2.12. The summed E-state index contributed by atoms with van der Waals surface area (Å²) >= 11 is 11.3. The van der Waals surface area contributed by atoms with E-state index >= 15 is 0 Å². The largest absolute Gasteiger partial charge is 0.469 e. The highest BCUT2D eigenvalue weighted by Crippen LogP contribution is 2.22. The summed E-state index contributed by atoms with van der Waals surface area (Å²) in [6, 6.07) is 9.51. The predicted molar refractivity (Wildman–Crippen MR) is 82.8 cm³/mol. The number of hydrogen-bond acceptors (Lipinski definition) is 2. The SMILES string of the molecule is Cc1c(Cl)cccc1NC(=S)NCCc1ccco1. The van der Waals surface area contributed by atoms with Crippen LogP contribution in [0.15, 0.2) is 41.0 Å². The topological polar surface area (TPSA) is 37.2 Å². The van der Waals surface area contributed by atoms with Crippen LogP contribution in [0.1, 0.15) is 11.3 Å². The minimum Gasteiger partial charge on any atom is -0.469 e. The summed E-state index contributed by atoms with van der Waals surface area (Å²) in [4.78, 5) is 0. The zero-order valence-electron chi connectivity index (χ0n) is 10.6. The van der Waals surface area contributed by atoms with Gasteiger partial charge >= 0.3 is 0 Å². The van der Waals surface area contributed by atoms with Gasteiger partial charge in [-0.1, -0.05) is 17.7 Å². The third-order valence-electron chi connectivity index (χ3n) is 2.75. The van der Waals surface area contributed by atoms with Crippen LogP contribution < -0.4 is 10.6 Å². The molecule has 2 aromatic rings. The number of furan rings is 1. The fourth-order valence-electron chi connectivity index (χ4n) is 1.66. The van der Waals surface area contributed by atoms with E-state index in [4.69, 9.17) is 28.2 Å². The first-order chi connectivity index (χ1) is 9.16. The minimum atomic E-state index is 0.580. The second-order valence-electron chi connectivity index (χ2n) is 4.12. The Labute approximate surface area is 123 Å². The molecule has 0 bridgehead atoms. The van der Waals surface area contributed by atoms with E-state index in [0.717, 1.165) is 35.0 Å². The molecule has 0 saturated carbocycles. The smallest absolute Gasteiger partial charge is 0.170 e. The first kappa shape index (κ1) is 13.9. The molecule has 2 N–H and O–H groups in total. The van der Waals surface area contributed by atoms with Gasteiger partial charge in [-0.05, 0) is 49.0 Å². The summed E-state index contributed by atoms with van der Waals surface area (Å²) in [5.41, 5.74) is 1.90. The van der Waals surface area contributed by atoms with Crippen molar-refractivity contribution < 1.29 is 4.42 Å². The van der Waals surface area contributed by atoms with Gasteiger partial charge in [-0.3, -0.25) is 0 Å². The van der Waals surface area contributed by atoms with Crippen LogP contribution in [-0.4, -0.2) is 11.7 Å². The molecular weight excluding hydrogens is 280 g/mol. The highest BCUT2D eigenvalue weighted by atomic mass is 35.5. The third-order valence-corrected chi connectivity index (χ3v) is 3.41. The van der Waals surface area contributed by atoms with Gasteiger partial charge in [0, 0.05) is 23.7 Å². The molecule has 1 aromatic carbocycles. The van der Waals surface area contributed by atoms with E-state index in [-0.39, 0.29) is 0 Å². The quantitative estimate of drug-likeness (QED) is 0.842. The molecule has 100 valence electrons. The summed E-state index contributed by atoms with van der Waals surface area (Å²) < 4.78 is 5.25. The number of thiocarbonyl (C=S) groups is 1. The standard InChI is InChI=1S/C14H15ClN2OS/c1-10-12(15)5-2-6-13(10)17-14(19)16-8-7-11-4-3-9-18-11/h2-6,9H,7-8H2,1H3,(H2,16,17,19). The van der Waals surface area contributed by atoms with E-state index in [2.05, 4.69) is 10.6 Å². The number of rotatable bonds is 4. The maximum atomic E-state index is 6.05. The second-order valence-corrected chi connectivity index (χ2v) is 4.94. The Morgan fingerprint density at radius 3 is 2.89 bits per heavy atom. The number of nitrogens with one attached hydrogen (secondary N) is 2. The van der Waals surface area contributed by atoms with Gasteiger partial charge in [0.05, 0.1) is 6.26 Å². The van der Waals surface area contributed by atoms with Crippen LogP contribution in [0.25, 0.3) is 0 Å². The average molecular weight is 295 g/mol. The highest BCUT2D eigenvalue weighted by molar-refractivity contribution is 7.80. The van der Waals surface area contributed by atoms with Crippen molar-refractivity contribution in [3.63, 3.8) is 0 Å². The van der Waals surface area contributed by atoms with E-state index in [1.807, 2.05) is 37.3 Å². The molecule has 0 unspecified atom stereocenters. The van der Waals surface area contributed by atoms with Crippen LogP contribution in [0.5, 0.6) is 0 Å². The minimum absolute atomic E-state index is 0.580. The normalized spacial score (nSPS) is 10.2. The predicted octanol–water partition coefficient (Wildman–Crippen LogP) is 3.77. The maximum Gasteiger partial charge on any atom is 0.170 e. The first-order valence-corrected chi connectivity index (χ1v) is 6.78. The lowest BCUT2D eigenvalue weighted by atomic mass is 10.2. The number of hydrogen-bond donors (Lipinski definition) is 2. The summed E-state index contributed by atoms with van der Waals surface area (Å²) in [6.45, 7) is 2.68. The Balaban J connectivity index is 1.82. The Kier molecular flexibility index (Phi) is 4.82. The lowest BCUT2D eigenvalue weighted by Crippen LogP contribution is -2.30. The molecule has 0 saturated heterocycles. The van der Waals surface area contributed by atoms with Gasteiger partial charge in [-0.25, -0.2) is 0 Å². The van der Waals surface area contributed by atoms with E-state index in [0.29, 0.717) is 5.11 Å². The third kappa shape index (κ3) is 3.98. The van der Waals surface area contributed by atoms with E-state index in [1.165, 1.54) is 0 Å². The van der Waals surface area contributed by atoms with Gasteiger partial charge in [0.1, 0.15) is 5.76 Å². The van der Waals surface area contributed by atoms with E-state index in [9.17, 15) is 0 Å². The van der Waals surface area contributed by atoms with Crippen molar-refractivity contribution in [3.05, 3.63) is 52.9 Å². The maximum absolute atomic E-state index is 6.05. The molecule has 2 rings (SSSR count). The summed E-state index contributed by atoms with van der Waals surface area (Å²) in [5.74, 6) is 0.939. The molecule has 0 radical (unpaired) electrons. The van der Waals surface area contributed by atoms with Gasteiger partial charge < -0.3 is 15.1 Å². The number of benzene rings is 1. The Morgan fingerprint density at radius 2 is 2.16 bits per heavy atom. The average Bonchev–Trinajstić information content (AvgIpc) is 2.88. The molecule has 0 aliphatic heterocycles. The first-order valence-electron chi connectivity index (χ1n) is 5.99. The number of halogens is 1. The van der Waals surface area contributed by atoms with E-state index in [1.54, 1.807) is 6.26 Å². The molecule has 1 aromatic heterocycles. The van der Waals surface area contributed by atoms with Crippen molar-refractivity contribution in [1.29, 1.82) is 0 Å². The van der Waals surface area contributed by atoms with Crippen molar-refractivity contribution in [2.45, 2.75) is 13.3 Å². The molecule has 19 heavy (non-hydrogen) atoms. The van der Waals surface area contributed by atoms with Crippen LogP contribution in [0, 0.1) is 6.92 Å². The van der Waals surface area contributed by atoms with Crippen molar-refractivity contribution in [2.24, 2.45) is 0 Å². The van der Waals surface area contributed by atoms with Crippen LogP contribution >= 0.6 is 23.8 Å². The Morgan fingerprint density at radius 1 is 1.32 bits per heavy atom. The lowest BCUT2D eigenvalue weighted by molar-refractivity contribution is 0.507. The monoisotopic (exact) mass is 294 g/mol. The summed E-state index contributed by atoms with van der Waals surface area (Å²) in [6.07, 6.45) is 2.46. The molecule has 0 atom stereocenters. The van der Waals surface area contributed by atoms with Crippen LogP contribution in [0.3, 0.4) is 0 Å². The highest BCUT2D eigenvalue weighted by Gasteiger charge is 2.04. The fourth-order valence-corrected chi connectivity index (χ4v) is 2.05. The fraction of sp³-hybridized carbons (Fsp3) is 0.214. The molecular formula is C14H15ClN2OS. The summed E-state index contributed by atoms with van der Waals surface area (Å²) in [5, 5.41) is 7.58. The van der Waals surface area contributed by atoms with Gasteiger partial charge in [0.25, 0.3) is 0 Å². The van der Waals surface area contributed by atoms with E-state index < -0.39 is 0 Å². The molecule has 1 heterocycles. The van der Waals surface area contributed by atoms with Crippen LogP contribution in [-0.2, 0) is 6.42 Å². The Hall–Kier alpha value is -1.52. The van der Waals surface area contributed by atoms with Gasteiger partial charge in [-0.15, -0.1) is 0 Å². The molecule has 5 heteroatoms. The van der Waals surface area contributed by atoms with Gasteiger partial charge in [-0.2, -0.15) is 0 Å². The van der Waals surface area contributed by atoms with Crippen molar-refractivity contribution in [1.82, 2.24) is 5.32 Å². The second kappa shape index (κ2) is 6.59. The van der Waals surface area contributed by atoms with Crippen LogP contribution in [0.2, 0.25) is 5.02 Å². The molecule has 0 spiro atoms. The van der Waals surface area contributed by atoms with Crippen molar-refractivity contribution >= 4 is 34.6 Å². The molecule has 0 fully saturated rings. The zero-order valence-corrected chi connectivity index (χ0v) is 12.1. The van der Waals surface area contributed by atoms with Gasteiger partial charge in [0.15, 0.2) is 5.11 Å². The number of anilines is 1.